The molecule has 5 nitrogen and oxygen atoms in total. The molecule has 0 aliphatic heterocycles. The monoisotopic (exact) mass is 393 g/mol. The maximum absolute atomic E-state index is 12.6. The highest BCUT2D eigenvalue weighted by atomic mass is 32.1. The van der Waals surface area contributed by atoms with Crippen molar-refractivity contribution in [2.24, 2.45) is 0 Å². The molecule has 0 unspecified atom stereocenters. The Morgan fingerprint density at radius 2 is 1.93 bits per heavy atom. The highest BCUT2D eigenvalue weighted by Crippen LogP contribution is 2.31. The van der Waals surface area contributed by atoms with Crippen molar-refractivity contribution in [2.45, 2.75) is 12.6 Å². The summed E-state index contributed by atoms with van der Waals surface area (Å²) in [6, 6.07) is 8.06. The van der Waals surface area contributed by atoms with E-state index in [1.54, 1.807) is 17.5 Å². The number of benzene rings is 1. The average Bonchev–Trinajstić information content (AvgIpc) is 3.10. The number of alkyl halides is 3. The van der Waals surface area contributed by atoms with E-state index >= 15 is 0 Å². The lowest BCUT2D eigenvalue weighted by molar-refractivity contribution is -0.137. The van der Waals surface area contributed by atoms with Crippen molar-refractivity contribution in [1.82, 2.24) is 9.97 Å². The van der Waals surface area contributed by atoms with Gasteiger partial charge in [0.1, 0.15) is 5.01 Å². The summed E-state index contributed by atoms with van der Waals surface area (Å²) in [7, 11) is 1.50. The molecule has 9 heteroatoms. The van der Waals surface area contributed by atoms with Crippen LogP contribution in [0, 0.1) is 0 Å². The van der Waals surface area contributed by atoms with Gasteiger partial charge in [0.05, 0.1) is 36.7 Å². The number of ether oxygens (including phenoxy) is 1. The van der Waals surface area contributed by atoms with Crippen LogP contribution >= 0.6 is 11.3 Å². The summed E-state index contributed by atoms with van der Waals surface area (Å²) in [5, 5.41) is 4.96. The summed E-state index contributed by atoms with van der Waals surface area (Å²) in [6.07, 6.45) is -2.85. The molecule has 0 fully saturated rings. The first-order valence-corrected chi connectivity index (χ1v) is 8.65. The predicted molar refractivity (Wildman–Crippen MR) is 95.7 cm³/mol. The summed E-state index contributed by atoms with van der Waals surface area (Å²) < 4.78 is 42.8. The van der Waals surface area contributed by atoms with Crippen molar-refractivity contribution in [3.8, 4) is 16.5 Å². The van der Waals surface area contributed by atoms with Crippen molar-refractivity contribution < 1.29 is 22.7 Å². The molecule has 2 aromatic heterocycles. The number of nitrogens with one attached hydrogen (secondary N) is 1. The number of methoxy groups -OCH3 is 1. The van der Waals surface area contributed by atoms with Gasteiger partial charge in [0, 0.05) is 17.0 Å². The summed E-state index contributed by atoms with van der Waals surface area (Å²) in [6.45, 7) is 0. The van der Waals surface area contributed by atoms with Gasteiger partial charge in [0.15, 0.2) is 0 Å². The molecule has 0 radical (unpaired) electrons. The van der Waals surface area contributed by atoms with E-state index in [4.69, 9.17) is 4.74 Å². The number of carbonyl (C=O) groups is 1. The van der Waals surface area contributed by atoms with Crippen LogP contribution in [0.25, 0.3) is 10.6 Å². The maximum Gasteiger partial charge on any atom is 0.416 e. The van der Waals surface area contributed by atoms with Crippen molar-refractivity contribution in [2.75, 3.05) is 12.4 Å². The van der Waals surface area contributed by atoms with Crippen molar-refractivity contribution in [3.63, 3.8) is 0 Å². The van der Waals surface area contributed by atoms with E-state index in [-0.39, 0.29) is 12.3 Å². The lowest BCUT2D eigenvalue weighted by atomic mass is 10.1. The van der Waals surface area contributed by atoms with Crippen LogP contribution in [-0.4, -0.2) is 23.0 Å². The summed E-state index contributed by atoms with van der Waals surface area (Å²) in [4.78, 5) is 20.4. The Morgan fingerprint density at radius 3 is 2.52 bits per heavy atom. The van der Waals surface area contributed by atoms with E-state index in [1.165, 1.54) is 36.8 Å². The van der Waals surface area contributed by atoms with Crippen molar-refractivity contribution in [1.29, 1.82) is 0 Å². The molecule has 1 N–H and O–H groups in total. The first-order valence-electron chi connectivity index (χ1n) is 7.77. The van der Waals surface area contributed by atoms with Crippen LogP contribution in [0.1, 0.15) is 11.3 Å². The fourth-order valence-electron chi connectivity index (χ4n) is 2.27. The van der Waals surface area contributed by atoms with Crippen LogP contribution in [0.3, 0.4) is 0 Å². The Balaban J connectivity index is 1.64. The first-order chi connectivity index (χ1) is 12.8. The molecule has 0 aliphatic rings. The third-order valence-electron chi connectivity index (χ3n) is 3.58. The number of amides is 1. The number of hydrogen-bond acceptors (Lipinski definition) is 5. The summed E-state index contributed by atoms with van der Waals surface area (Å²) in [5.74, 6) is 0.167. The Morgan fingerprint density at radius 1 is 1.19 bits per heavy atom. The minimum Gasteiger partial charge on any atom is -0.481 e. The van der Waals surface area contributed by atoms with Crippen molar-refractivity contribution >= 4 is 22.9 Å². The predicted octanol–water partition coefficient (Wildman–Crippen LogP) is 4.41. The third-order valence-corrected chi connectivity index (χ3v) is 4.52. The van der Waals surface area contributed by atoms with Crippen LogP contribution < -0.4 is 10.1 Å². The minimum absolute atomic E-state index is 0.0448. The van der Waals surface area contributed by atoms with Gasteiger partial charge in [-0.15, -0.1) is 11.3 Å². The number of rotatable bonds is 5. The second kappa shape index (κ2) is 7.75. The number of nitrogens with zero attached hydrogens (tertiary/aromatic N) is 2. The van der Waals surface area contributed by atoms with Gasteiger partial charge in [0.2, 0.25) is 11.8 Å². The normalized spacial score (nSPS) is 11.3. The maximum atomic E-state index is 12.6. The van der Waals surface area contributed by atoms with Gasteiger partial charge in [-0.2, -0.15) is 13.2 Å². The van der Waals surface area contributed by atoms with Gasteiger partial charge in [0.25, 0.3) is 0 Å². The lowest BCUT2D eigenvalue weighted by Gasteiger charge is -2.06. The molecule has 3 aromatic rings. The van der Waals surface area contributed by atoms with Crippen LogP contribution in [0.2, 0.25) is 0 Å². The zero-order valence-corrected chi connectivity index (χ0v) is 14.9. The minimum atomic E-state index is -4.37. The zero-order valence-electron chi connectivity index (χ0n) is 14.1. The number of anilines is 1. The van der Waals surface area contributed by atoms with Gasteiger partial charge in [-0.3, -0.25) is 4.79 Å². The van der Waals surface area contributed by atoms with E-state index < -0.39 is 11.7 Å². The molecule has 0 atom stereocenters. The highest BCUT2D eigenvalue weighted by molar-refractivity contribution is 7.13. The fraction of sp³-hybridized carbons (Fsp3) is 0.167. The number of aromatic nitrogens is 2. The molecule has 3 rings (SSSR count). The van der Waals surface area contributed by atoms with Gasteiger partial charge in [-0.25, -0.2) is 9.97 Å². The molecule has 0 saturated carbocycles. The Hall–Kier alpha value is -2.94. The van der Waals surface area contributed by atoms with Gasteiger partial charge in [-0.05, 0) is 18.2 Å². The van der Waals surface area contributed by atoms with Gasteiger partial charge >= 0.3 is 6.18 Å². The number of carbonyl (C=O) groups excluding carboxylic acids is 1. The van der Waals surface area contributed by atoms with Gasteiger partial charge < -0.3 is 10.1 Å². The van der Waals surface area contributed by atoms with E-state index in [0.29, 0.717) is 27.8 Å². The Labute approximate surface area is 156 Å². The highest BCUT2D eigenvalue weighted by Gasteiger charge is 2.30. The zero-order chi connectivity index (χ0) is 19.4. The molecular formula is C18H14F3N3O2S. The largest absolute Gasteiger partial charge is 0.481 e. The fourth-order valence-corrected chi connectivity index (χ4v) is 3.09. The van der Waals surface area contributed by atoms with E-state index in [0.717, 1.165) is 12.1 Å². The Bertz CT molecular complexity index is 922. The van der Waals surface area contributed by atoms with Gasteiger partial charge in [-0.1, -0.05) is 12.1 Å². The SMILES string of the molecule is COc1ccc(NC(=O)Cc2csc(-c3ccc(C(F)(F)F)cc3)n2)cn1. The quantitative estimate of drug-likeness (QED) is 0.697. The Kier molecular flexibility index (Phi) is 5.41. The molecule has 0 bridgehead atoms. The molecule has 0 spiro atoms. The van der Waals surface area contributed by atoms with Crippen LogP contribution in [0.5, 0.6) is 5.88 Å². The third kappa shape index (κ3) is 4.82. The molecular weight excluding hydrogens is 379 g/mol. The van der Waals surface area contributed by atoms with Crippen LogP contribution in [0.4, 0.5) is 18.9 Å². The second-order valence-corrected chi connectivity index (χ2v) is 6.39. The van der Waals surface area contributed by atoms with E-state index in [9.17, 15) is 18.0 Å². The average molecular weight is 393 g/mol. The molecule has 27 heavy (non-hydrogen) atoms. The van der Waals surface area contributed by atoms with Crippen LogP contribution in [-0.2, 0) is 17.4 Å². The first kappa shape index (κ1) is 18.8. The summed E-state index contributed by atoms with van der Waals surface area (Å²) in [5.41, 5.74) is 0.919. The molecule has 0 aliphatic carbocycles. The molecule has 0 saturated heterocycles. The second-order valence-electron chi connectivity index (χ2n) is 5.53. The van der Waals surface area contributed by atoms with E-state index in [2.05, 4.69) is 15.3 Å². The number of thiazole rings is 1. The lowest BCUT2D eigenvalue weighted by Crippen LogP contribution is -2.14. The van der Waals surface area contributed by atoms with E-state index in [1.807, 2.05) is 0 Å². The molecule has 2 heterocycles. The number of hydrogen-bond donors (Lipinski definition) is 1. The van der Waals surface area contributed by atoms with Crippen molar-refractivity contribution in [3.05, 3.63) is 59.2 Å². The number of halogens is 3. The topological polar surface area (TPSA) is 64.1 Å². The smallest absolute Gasteiger partial charge is 0.416 e. The van der Waals surface area contributed by atoms with Crippen LogP contribution in [0.15, 0.2) is 48.0 Å². The molecule has 1 amide bonds. The molecule has 140 valence electrons. The standard InChI is InChI=1S/C18H14F3N3O2S/c1-26-16-7-6-13(9-22-16)23-15(25)8-14-10-27-17(24-14)11-2-4-12(5-3-11)18(19,20)21/h2-7,9-10H,8H2,1H3,(H,23,25). The number of pyridine rings is 1. The summed E-state index contributed by atoms with van der Waals surface area (Å²) >= 11 is 1.27. The molecule has 1 aromatic carbocycles.